The Bertz CT molecular complexity index is 819. The van der Waals surface area contributed by atoms with Gasteiger partial charge < -0.3 is 20.1 Å². The first-order valence-corrected chi connectivity index (χ1v) is 10.0. The van der Waals surface area contributed by atoms with Crippen molar-refractivity contribution in [3.05, 3.63) is 28.8 Å². The fourth-order valence-corrected chi connectivity index (χ4v) is 4.49. The second-order valence-corrected chi connectivity index (χ2v) is 8.01. The number of piperidine rings is 1. The molecule has 2 unspecified atom stereocenters. The van der Waals surface area contributed by atoms with Gasteiger partial charge in [0.05, 0.1) is 19.9 Å². The van der Waals surface area contributed by atoms with Crippen LogP contribution in [0.2, 0.25) is 0 Å². The van der Waals surface area contributed by atoms with Crippen molar-refractivity contribution in [1.82, 2.24) is 9.88 Å². The Kier molecular flexibility index (Phi) is 6.01. The van der Waals surface area contributed by atoms with E-state index in [0.717, 1.165) is 42.2 Å². The summed E-state index contributed by atoms with van der Waals surface area (Å²) in [6.07, 6.45) is 2.08. The van der Waals surface area contributed by atoms with E-state index < -0.39 is 0 Å². The summed E-state index contributed by atoms with van der Waals surface area (Å²) < 4.78 is 10.7. The largest absolute Gasteiger partial charge is 0.493 e. The van der Waals surface area contributed by atoms with Crippen LogP contribution in [0.3, 0.4) is 0 Å². The molecular weight excluding hydrogens is 362 g/mol. The number of ether oxygens (including phenoxy) is 2. The van der Waals surface area contributed by atoms with E-state index in [1.165, 1.54) is 11.3 Å². The molecule has 2 heterocycles. The van der Waals surface area contributed by atoms with E-state index in [1.54, 1.807) is 14.2 Å². The summed E-state index contributed by atoms with van der Waals surface area (Å²) in [5.41, 5.74) is 7.73. The Morgan fingerprint density at radius 2 is 2.07 bits per heavy atom. The predicted molar refractivity (Wildman–Crippen MR) is 108 cm³/mol. The lowest BCUT2D eigenvalue weighted by Crippen LogP contribution is -2.45. The molecule has 1 aromatic carbocycles. The summed E-state index contributed by atoms with van der Waals surface area (Å²) in [5.74, 6) is 1.73. The summed E-state index contributed by atoms with van der Waals surface area (Å²) in [7, 11) is 3.21. The van der Waals surface area contributed by atoms with Gasteiger partial charge in [-0.05, 0) is 50.8 Å². The summed E-state index contributed by atoms with van der Waals surface area (Å²) in [4.78, 5) is 20.3. The second kappa shape index (κ2) is 8.27. The van der Waals surface area contributed by atoms with Gasteiger partial charge in [0.15, 0.2) is 11.5 Å². The van der Waals surface area contributed by atoms with Crippen LogP contribution in [0.1, 0.15) is 35.1 Å². The van der Waals surface area contributed by atoms with E-state index in [2.05, 4.69) is 4.98 Å². The Morgan fingerprint density at radius 3 is 2.74 bits per heavy atom. The predicted octanol–water partition coefficient (Wildman–Crippen LogP) is 3.34. The van der Waals surface area contributed by atoms with E-state index in [9.17, 15) is 4.79 Å². The van der Waals surface area contributed by atoms with Gasteiger partial charge >= 0.3 is 0 Å². The molecule has 0 radical (unpaired) electrons. The van der Waals surface area contributed by atoms with Gasteiger partial charge in [0, 0.05) is 24.7 Å². The van der Waals surface area contributed by atoms with Crippen LogP contribution in [0, 0.1) is 12.8 Å². The molecule has 3 rings (SSSR count). The Balaban J connectivity index is 1.85. The number of carbonyl (C=O) groups is 1. The summed E-state index contributed by atoms with van der Waals surface area (Å²) >= 11 is 1.43. The van der Waals surface area contributed by atoms with Crippen molar-refractivity contribution in [3.8, 4) is 22.1 Å². The number of amides is 1. The lowest BCUT2D eigenvalue weighted by atomic mass is 9.92. The molecule has 1 saturated heterocycles. The molecule has 146 valence electrons. The van der Waals surface area contributed by atoms with E-state index in [-0.39, 0.29) is 11.9 Å². The number of methoxy groups -OCH3 is 2. The second-order valence-electron chi connectivity index (χ2n) is 7.02. The highest BCUT2D eigenvalue weighted by Gasteiger charge is 2.28. The number of rotatable bonds is 5. The van der Waals surface area contributed by atoms with Crippen molar-refractivity contribution in [2.24, 2.45) is 11.7 Å². The number of hydrogen-bond donors (Lipinski definition) is 1. The molecule has 27 heavy (non-hydrogen) atoms. The first-order chi connectivity index (χ1) is 12.9. The molecule has 1 aliphatic rings. The number of thiazole rings is 1. The SMILES string of the molecule is COc1ccc(-c2nc(C)c(C(=O)N3CCCC(C(C)N)C3)s2)cc1OC. The standard InChI is InChI=1S/C20H27N3O3S/c1-12(21)15-6-5-9-23(11-15)20(24)18-13(2)22-19(27-18)14-7-8-16(25-3)17(10-14)26-4/h7-8,10,12,15H,5-6,9,11,21H2,1-4H3. The van der Waals surface area contributed by atoms with E-state index in [0.29, 0.717) is 22.3 Å². The van der Waals surface area contributed by atoms with Crippen LogP contribution in [0.15, 0.2) is 18.2 Å². The molecular formula is C20H27N3O3S. The lowest BCUT2D eigenvalue weighted by molar-refractivity contribution is 0.0665. The zero-order valence-electron chi connectivity index (χ0n) is 16.3. The highest BCUT2D eigenvalue weighted by atomic mass is 32.1. The van der Waals surface area contributed by atoms with Crippen molar-refractivity contribution in [1.29, 1.82) is 0 Å². The highest BCUT2D eigenvalue weighted by molar-refractivity contribution is 7.17. The normalized spacial score (nSPS) is 18.3. The molecule has 2 atom stereocenters. The van der Waals surface area contributed by atoms with Gasteiger partial charge in [0.2, 0.25) is 0 Å². The number of nitrogens with two attached hydrogens (primary N) is 1. The van der Waals surface area contributed by atoms with E-state index in [1.807, 2.05) is 36.9 Å². The van der Waals surface area contributed by atoms with E-state index in [4.69, 9.17) is 15.2 Å². The van der Waals surface area contributed by atoms with E-state index >= 15 is 0 Å². The fourth-order valence-electron chi connectivity index (χ4n) is 3.45. The minimum Gasteiger partial charge on any atom is -0.493 e. The molecule has 0 aliphatic carbocycles. The number of aryl methyl sites for hydroxylation is 1. The monoisotopic (exact) mass is 389 g/mol. The van der Waals surface area contributed by atoms with Crippen LogP contribution in [0.5, 0.6) is 11.5 Å². The average molecular weight is 390 g/mol. The fraction of sp³-hybridized carbons (Fsp3) is 0.500. The van der Waals surface area contributed by atoms with Gasteiger partial charge in [-0.25, -0.2) is 4.98 Å². The van der Waals surface area contributed by atoms with Crippen molar-refractivity contribution in [3.63, 3.8) is 0 Å². The molecule has 0 saturated carbocycles. The minimum absolute atomic E-state index is 0.0575. The first kappa shape index (κ1) is 19.6. The Labute approximate surface area is 164 Å². The lowest BCUT2D eigenvalue weighted by Gasteiger charge is -2.34. The van der Waals surface area contributed by atoms with Crippen LogP contribution in [0.25, 0.3) is 10.6 Å². The van der Waals surface area contributed by atoms with Gasteiger partial charge in [-0.3, -0.25) is 4.79 Å². The third-order valence-electron chi connectivity index (χ3n) is 5.11. The summed E-state index contributed by atoms with van der Waals surface area (Å²) in [5, 5.41) is 0.803. The first-order valence-electron chi connectivity index (χ1n) is 9.19. The number of benzene rings is 1. The third-order valence-corrected chi connectivity index (χ3v) is 6.30. The van der Waals surface area contributed by atoms with Gasteiger partial charge in [0.1, 0.15) is 9.88 Å². The number of aromatic nitrogens is 1. The summed E-state index contributed by atoms with van der Waals surface area (Å²) in [6.45, 7) is 5.41. The van der Waals surface area contributed by atoms with Crippen LogP contribution in [-0.2, 0) is 0 Å². The minimum atomic E-state index is 0.0575. The zero-order chi connectivity index (χ0) is 19.6. The number of nitrogens with zero attached hydrogens (tertiary/aromatic N) is 2. The molecule has 7 heteroatoms. The van der Waals surface area contributed by atoms with Crippen LogP contribution < -0.4 is 15.2 Å². The molecule has 2 N–H and O–H groups in total. The smallest absolute Gasteiger partial charge is 0.265 e. The van der Waals surface area contributed by atoms with Gasteiger partial charge in [-0.2, -0.15) is 0 Å². The maximum atomic E-state index is 13.1. The number of hydrogen-bond acceptors (Lipinski definition) is 6. The van der Waals surface area contributed by atoms with Crippen molar-refractivity contribution >= 4 is 17.2 Å². The highest BCUT2D eigenvalue weighted by Crippen LogP contribution is 2.35. The van der Waals surface area contributed by atoms with Crippen LogP contribution >= 0.6 is 11.3 Å². The van der Waals surface area contributed by atoms with Crippen LogP contribution in [-0.4, -0.2) is 49.1 Å². The molecule has 6 nitrogen and oxygen atoms in total. The Morgan fingerprint density at radius 1 is 1.33 bits per heavy atom. The third kappa shape index (κ3) is 4.09. The number of likely N-dealkylation sites (tertiary alicyclic amines) is 1. The number of carbonyl (C=O) groups excluding carboxylic acids is 1. The van der Waals surface area contributed by atoms with Crippen molar-refractivity contribution in [2.75, 3.05) is 27.3 Å². The van der Waals surface area contributed by atoms with Crippen molar-refractivity contribution in [2.45, 2.75) is 32.7 Å². The van der Waals surface area contributed by atoms with Crippen LogP contribution in [0.4, 0.5) is 0 Å². The summed E-state index contributed by atoms with van der Waals surface area (Å²) in [6, 6.07) is 5.77. The van der Waals surface area contributed by atoms with Crippen molar-refractivity contribution < 1.29 is 14.3 Å². The topological polar surface area (TPSA) is 77.7 Å². The van der Waals surface area contributed by atoms with Gasteiger partial charge in [-0.15, -0.1) is 11.3 Å². The Hall–Kier alpha value is -2.12. The van der Waals surface area contributed by atoms with Gasteiger partial charge in [0.25, 0.3) is 5.91 Å². The average Bonchev–Trinajstić information content (AvgIpc) is 3.08. The molecule has 0 bridgehead atoms. The maximum absolute atomic E-state index is 13.1. The molecule has 0 spiro atoms. The molecule has 1 aromatic heterocycles. The van der Waals surface area contributed by atoms with Gasteiger partial charge in [-0.1, -0.05) is 0 Å². The molecule has 2 aromatic rings. The molecule has 1 fully saturated rings. The molecule has 1 aliphatic heterocycles. The zero-order valence-corrected chi connectivity index (χ0v) is 17.1. The molecule has 1 amide bonds. The maximum Gasteiger partial charge on any atom is 0.265 e. The quantitative estimate of drug-likeness (QED) is 0.849.